The van der Waals surface area contributed by atoms with Crippen LogP contribution in [0.15, 0.2) is 24.3 Å². The van der Waals surface area contributed by atoms with Crippen molar-refractivity contribution in [1.29, 1.82) is 0 Å². The van der Waals surface area contributed by atoms with Crippen LogP contribution in [0.3, 0.4) is 0 Å². The molecule has 2 heterocycles. The van der Waals surface area contributed by atoms with Gasteiger partial charge in [0, 0.05) is 31.9 Å². The van der Waals surface area contributed by atoms with Crippen LogP contribution in [0.1, 0.15) is 0 Å². The van der Waals surface area contributed by atoms with Gasteiger partial charge < -0.3 is 24.6 Å². The van der Waals surface area contributed by atoms with Crippen LogP contribution in [0.2, 0.25) is 0 Å². The van der Waals surface area contributed by atoms with Gasteiger partial charge in [-0.15, -0.1) is 0 Å². The van der Waals surface area contributed by atoms with Crippen LogP contribution in [-0.2, 0) is 4.74 Å². The van der Waals surface area contributed by atoms with E-state index in [9.17, 15) is 4.79 Å². The highest BCUT2D eigenvalue weighted by atomic mass is 16.5. The number of nitrogens with one attached hydrogen (secondary N) is 1. The number of ether oxygens (including phenoxy) is 2. The van der Waals surface area contributed by atoms with Gasteiger partial charge in [-0.25, -0.2) is 4.79 Å². The lowest BCUT2D eigenvalue weighted by atomic mass is 10.1. The van der Waals surface area contributed by atoms with Crippen molar-refractivity contribution in [2.45, 2.75) is 12.2 Å². The zero-order valence-corrected chi connectivity index (χ0v) is 12.4. The molecule has 2 fully saturated rings. The third-order valence-corrected chi connectivity index (χ3v) is 3.89. The number of carbonyl (C=O) groups excluding carboxylic acids is 1. The third-order valence-electron chi connectivity index (χ3n) is 3.89. The minimum absolute atomic E-state index is 0.0666. The number of rotatable bonds is 2. The number of nitrogens with zero attached hydrogens (tertiary/aromatic N) is 2. The van der Waals surface area contributed by atoms with E-state index in [0.29, 0.717) is 13.1 Å². The van der Waals surface area contributed by atoms with Crippen molar-refractivity contribution in [2.75, 3.05) is 45.7 Å². The van der Waals surface area contributed by atoms with E-state index in [0.717, 1.165) is 24.5 Å². The summed E-state index contributed by atoms with van der Waals surface area (Å²) in [6, 6.07) is 7.28. The molecular weight excluding hydrogens is 270 g/mol. The number of benzene rings is 1. The first-order valence-electron chi connectivity index (χ1n) is 7.18. The Hall–Kier alpha value is -1.79. The molecule has 1 aromatic carbocycles. The fourth-order valence-corrected chi connectivity index (χ4v) is 2.94. The fourth-order valence-electron chi connectivity index (χ4n) is 2.94. The number of anilines is 1. The van der Waals surface area contributed by atoms with Crippen molar-refractivity contribution in [3.8, 4) is 5.75 Å². The van der Waals surface area contributed by atoms with Crippen LogP contribution < -0.4 is 10.1 Å². The number of fused-ring (bicyclic) bond motifs is 2. The summed E-state index contributed by atoms with van der Waals surface area (Å²) in [6.07, 6.45) is 0.230. The Morgan fingerprint density at radius 1 is 1.19 bits per heavy atom. The highest BCUT2D eigenvalue weighted by Crippen LogP contribution is 2.20. The molecule has 0 unspecified atom stereocenters. The molecular formula is C15H21N3O3. The molecule has 2 amide bonds. The number of amides is 2. The van der Waals surface area contributed by atoms with E-state index in [-0.39, 0.29) is 18.2 Å². The topological polar surface area (TPSA) is 54.0 Å². The Bertz CT molecular complexity index is 487. The van der Waals surface area contributed by atoms with Crippen molar-refractivity contribution in [3.63, 3.8) is 0 Å². The number of hydrogen-bond donors (Lipinski definition) is 1. The number of likely N-dealkylation sites (N-methyl/N-ethyl adjacent to an activating group) is 1. The highest BCUT2D eigenvalue weighted by Gasteiger charge is 2.35. The zero-order chi connectivity index (χ0) is 14.8. The molecule has 1 N–H and O–H groups in total. The molecule has 1 aromatic rings. The van der Waals surface area contributed by atoms with E-state index in [1.54, 1.807) is 7.11 Å². The van der Waals surface area contributed by atoms with Gasteiger partial charge in [0.25, 0.3) is 0 Å². The number of morpholine rings is 2. The maximum Gasteiger partial charge on any atom is 0.322 e. The molecule has 2 atom stereocenters. The minimum atomic E-state index is -0.0666. The second-order valence-electron chi connectivity index (χ2n) is 5.66. The first-order chi connectivity index (χ1) is 10.1. The van der Waals surface area contributed by atoms with E-state index >= 15 is 0 Å². The number of carbonyl (C=O) groups is 1. The molecule has 2 aliphatic heterocycles. The van der Waals surface area contributed by atoms with E-state index in [2.05, 4.69) is 17.3 Å². The molecule has 2 aliphatic rings. The highest BCUT2D eigenvalue weighted by molar-refractivity contribution is 5.89. The fraction of sp³-hybridized carbons (Fsp3) is 0.533. The van der Waals surface area contributed by atoms with Crippen LogP contribution in [0, 0.1) is 0 Å². The molecule has 114 valence electrons. The van der Waals surface area contributed by atoms with Crippen LogP contribution in [0.5, 0.6) is 5.75 Å². The number of urea groups is 1. The Labute approximate surface area is 124 Å². The van der Waals surface area contributed by atoms with Gasteiger partial charge >= 0.3 is 6.03 Å². The largest absolute Gasteiger partial charge is 0.497 e. The summed E-state index contributed by atoms with van der Waals surface area (Å²) in [5.41, 5.74) is 0.773. The molecule has 21 heavy (non-hydrogen) atoms. The summed E-state index contributed by atoms with van der Waals surface area (Å²) in [4.78, 5) is 16.5. The molecule has 0 aliphatic carbocycles. The minimum Gasteiger partial charge on any atom is -0.497 e. The quantitative estimate of drug-likeness (QED) is 0.891. The van der Waals surface area contributed by atoms with E-state index in [4.69, 9.17) is 9.47 Å². The first-order valence-corrected chi connectivity index (χ1v) is 7.18. The average molecular weight is 291 g/mol. The molecule has 0 spiro atoms. The van der Waals surface area contributed by atoms with Crippen LogP contribution in [-0.4, -0.2) is 68.4 Å². The third kappa shape index (κ3) is 3.28. The second-order valence-corrected chi connectivity index (χ2v) is 5.66. The van der Waals surface area contributed by atoms with Crippen molar-refractivity contribution < 1.29 is 14.3 Å². The molecule has 0 saturated carbocycles. The van der Waals surface area contributed by atoms with Gasteiger partial charge in [-0.05, 0) is 31.3 Å². The normalized spacial score (nSPS) is 25.5. The monoisotopic (exact) mass is 291 g/mol. The van der Waals surface area contributed by atoms with Gasteiger partial charge in [-0.1, -0.05) is 0 Å². The maximum absolute atomic E-state index is 12.3. The molecule has 6 nitrogen and oxygen atoms in total. The molecule has 3 rings (SSSR count). The lowest BCUT2D eigenvalue weighted by molar-refractivity contribution is -0.122. The summed E-state index contributed by atoms with van der Waals surface area (Å²) in [7, 11) is 3.71. The van der Waals surface area contributed by atoms with Gasteiger partial charge in [0.1, 0.15) is 5.75 Å². The second kappa shape index (κ2) is 5.91. The van der Waals surface area contributed by atoms with Crippen molar-refractivity contribution >= 4 is 11.7 Å². The predicted molar refractivity (Wildman–Crippen MR) is 79.7 cm³/mol. The molecule has 6 heteroatoms. The Morgan fingerprint density at radius 2 is 1.81 bits per heavy atom. The lowest BCUT2D eigenvalue weighted by Gasteiger charge is -2.44. The number of hydrogen-bond acceptors (Lipinski definition) is 4. The standard InChI is InChI=1S/C15H21N3O3/c1-17-7-13-9-18(10-14(8-17)21-13)15(19)16-11-3-5-12(20-2)6-4-11/h3-6,13-14H,7-10H2,1-2H3,(H,16,19)/t13-,14+. The van der Waals surface area contributed by atoms with Gasteiger partial charge in [0.15, 0.2) is 0 Å². The van der Waals surface area contributed by atoms with Crippen LogP contribution >= 0.6 is 0 Å². The molecule has 2 saturated heterocycles. The predicted octanol–water partition coefficient (Wildman–Crippen LogP) is 1.24. The van der Waals surface area contributed by atoms with E-state index in [1.165, 1.54) is 0 Å². The van der Waals surface area contributed by atoms with Crippen LogP contribution in [0.4, 0.5) is 10.5 Å². The van der Waals surface area contributed by atoms with Gasteiger partial charge in [-0.2, -0.15) is 0 Å². The summed E-state index contributed by atoms with van der Waals surface area (Å²) in [5, 5.41) is 2.93. The summed E-state index contributed by atoms with van der Waals surface area (Å²) in [5.74, 6) is 0.775. The lowest BCUT2D eigenvalue weighted by Crippen LogP contribution is -2.60. The molecule has 0 aromatic heterocycles. The van der Waals surface area contributed by atoms with Crippen molar-refractivity contribution in [3.05, 3.63) is 24.3 Å². The van der Waals surface area contributed by atoms with Gasteiger partial charge in [0.05, 0.1) is 19.3 Å². The summed E-state index contributed by atoms with van der Waals surface area (Å²) in [6.45, 7) is 3.04. The SMILES string of the molecule is COc1ccc(NC(=O)N2C[C@H]3CN(C)C[C@@H](C2)O3)cc1. The smallest absolute Gasteiger partial charge is 0.322 e. The van der Waals surface area contributed by atoms with E-state index in [1.807, 2.05) is 29.2 Å². The Morgan fingerprint density at radius 3 is 2.38 bits per heavy atom. The first kappa shape index (κ1) is 14.2. The Balaban J connectivity index is 1.60. The van der Waals surface area contributed by atoms with Crippen molar-refractivity contribution in [1.82, 2.24) is 9.80 Å². The van der Waals surface area contributed by atoms with Crippen molar-refractivity contribution in [2.24, 2.45) is 0 Å². The van der Waals surface area contributed by atoms with Gasteiger partial charge in [0.2, 0.25) is 0 Å². The summed E-state index contributed by atoms with van der Waals surface area (Å²) < 4.78 is 11.0. The molecule has 2 bridgehead atoms. The zero-order valence-electron chi connectivity index (χ0n) is 12.4. The number of methoxy groups -OCH3 is 1. The Kier molecular flexibility index (Phi) is 3.98. The van der Waals surface area contributed by atoms with Gasteiger partial charge in [-0.3, -0.25) is 0 Å². The maximum atomic E-state index is 12.3. The average Bonchev–Trinajstić information content (AvgIpc) is 2.46. The summed E-state index contributed by atoms with van der Waals surface area (Å²) >= 11 is 0. The van der Waals surface area contributed by atoms with Crippen LogP contribution in [0.25, 0.3) is 0 Å². The molecule has 0 radical (unpaired) electrons. The van der Waals surface area contributed by atoms with E-state index < -0.39 is 0 Å².